The van der Waals surface area contributed by atoms with Gasteiger partial charge in [0.15, 0.2) is 0 Å². The molecule has 0 spiro atoms. The van der Waals surface area contributed by atoms with Crippen molar-refractivity contribution in [2.75, 3.05) is 7.11 Å². The zero-order chi connectivity index (χ0) is 13.6. The molecule has 2 rings (SSSR count). The van der Waals surface area contributed by atoms with E-state index >= 15 is 0 Å². The maximum Gasteiger partial charge on any atom is 0.125 e. The molecule has 1 aliphatic rings. The highest BCUT2D eigenvalue weighted by atomic mass is 35.5. The van der Waals surface area contributed by atoms with Crippen molar-refractivity contribution >= 4 is 11.6 Å². The molecule has 3 heteroatoms. The van der Waals surface area contributed by atoms with Crippen LogP contribution in [0.2, 0.25) is 5.02 Å². The minimum Gasteiger partial charge on any atom is -0.496 e. The fraction of sp³-hybridized carbons (Fsp3) is 0.600. The van der Waals surface area contributed by atoms with Crippen molar-refractivity contribution in [2.45, 2.75) is 51.0 Å². The third kappa shape index (κ3) is 2.81. The lowest BCUT2D eigenvalue weighted by molar-refractivity contribution is 0.390. The van der Waals surface area contributed by atoms with Gasteiger partial charge in [-0.2, -0.15) is 0 Å². The molecule has 0 amide bonds. The van der Waals surface area contributed by atoms with Crippen LogP contribution in [0.15, 0.2) is 12.1 Å². The molecule has 0 radical (unpaired) electrons. The molecule has 1 aromatic rings. The molecule has 0 unspecified atom stereocenters. The zero-order valence-electron chi connectivity index (χ0n) is 11.6. The summed E-state index contributed by atoms with van der Waals surface area (Å²) >= 11 is 6.24. The van der Waals surface area contributed by atoms with Crippen LogP contribution in [0, 0.1) is 0 Å². The lowest BCUT2D eigenvalue weighted by Gasteiger charge is -2.25. The summed E-state index contributed by atoms with van der Waals surface area (Å²) in [6, 6.07) is 3.99. The smallest absolute Gasteiger partial charge is 0.125 e. The molecule has 0 saturated heterocycles. The second kappa shape index (κ2) is 4.43. The molecular weight excluding hydrogens is 246 g/mol. The highest BCUT2D eigenvalue weighted by Crippen LogP contribution is 2.42. The van der Waals surface area contributed by atoms with Crippen LogP contribution in [0.5, 0.6) is 5.75 Å². The predicted octanol–water partition coefficient (Wildman–Crippen LogP) is 3.68. The number of methoxy groups -OCH3 is 1. The molecule has 0 aliphatic heterocycles. The van der Waals surface area contributed by atoms with E-state index in [0.717, 1.165) is 41.2 Å². The van der Waals surface area contributed by atoms with Crippen LogP contribution >= 0.6 is 11.6 Å². The van der Waals surface area contributed by atoms with Gasteiger partial charge in [0.1, 0.15) is 5.75 Å². The lowest BCUT2D eigenvalue weighted by atomic mass is 9.84. The molecule has 0 atom stereocenters. The second-order valence-corrected chi connectivity index (χ2v) is 6.87. The van der Waals surface area contributed by atoms with Gasteiger partial charge in [-0.3, -0.25) is 0 Å². The molecule has 100 valence electrons. The Morgan fingerprint density at radius 1 is 1.33 bits per heavy atom. The largest absolute Gasteiger partial charge is 0.496 e. The van der Waals surface area contributed by atoms with Gasteiger partial charge in [0, 0.05) is 16.1 Å². The Hall–Kier alpha value is -0.730. The van der Waals surface area contributed by atoms with E-state index in [0.29, 0.717) is 0 Å². The Balaban J connectivity index is 2.47. The first-order valence-corrected chi connectivity index (χ1v) is 6.79. The molecule has 0 heterocycles. The quantitative estimate of drug-likeness (QED) is 0.907. The molecule has 1 aliphatic carbocycles. The van der Waals surface area contributed by atoms with Gasteiger partial charge in [0.05, 0.1) is 7.11 Å². The topological polar surface area (TPSA) is 35.2 Å². The standard InChI is InChI=1S/C15H22ClNO/c1-14(2,3)12-8-11(16)7-10(13(12)18-4)9-15(17)5-6-15/h7-8H,5-6,9,17H2,1-4H3. The van der Waals surface area contributed by atoms with Crippen LogP contribution in [0.25, 0.3) is 0 Å². The molecule has 2 nitrogen and oxygen atoms in total. The summed E-state index contributed by atoms with van der Waals surface area (Å²) in [6.07, 6.45) is 3.03. The molecule has 2 N–H and O–H groups in total. The van der Waals surface area contributed by atoms with Gasteiger partial charge in [-0.25, -0.2) is 0 Å². The van der Waals surface area contributed by atoms with E-state index < -0.39 is 0 Å². The number of ether oxygens (including phenoxy) is 1. The monoisotopic (exact) mass is 267 g/mol. The fourth-order valence-electron chi connectivity index (χ4n) is 2.30. The molecular formula is C15H22ClNO. The van der Waals surface area contributed by atoms with Crippen molar-refractivity contribution in [1.82, 2.24) is 0 Å². The van der Waals surface area contributed by atoms with Crippen molar-refractivity contribution in [3.8, 4) is 5.75 Å². The van der Waals surface area contributed by atoms with Crippen LogP contribution in [0.3, 0.4) is 0 Å². The SMILES string of the molecule is COc1c(CC2(N)CC2)cc(Cl)cc1C(C)(C)C. The molecule has 0 bridgehead atoms. The van der Waals surface area contributed by atoms with Gasteiger partial charge in [0.25, 0.3) is 0 Å². The van der Waals surface area contributed by atoms with E-state index in [1.165, 1.54) is 0 Å². The van der Waals surface area contributed by atoms with Crippen molar-refractivity contribution in [1.29, 1.82) is 0 Å². The summed E-state index contributed by atoms with van der Waals surface area (Å²) < 4.78 is 5.62. The number of benzene rings is 1. The summed E-state index contributed by atoms with van der Waals surface area (Å²) in [5, 5.41) is 0.764. The Kier molecular flexibility index (Phi) is 3.37. The van der Waals surface area contributed by atoms with Gasteiger partial charge in [-0.1, -0.05) is 32.4 Å². The van der Waals surface area contributed by atoms with Crippen LogP contribution in [0.4, 0.5) is 0 Å². The van der Waals surface area contributed by atoms with Crippen LogP contribution in [-0.4, -0.2) is 12.6 Å². The highest BCUT2D eigenvalue weighted by Gasteiger charge is 2.39. The van der Waals surface area contributed by atoms with Gasteiger partial charge in [-0.15, -0.1) is 0 Å². The second-order valence-electron chi connectivity index (χ2n) is 6.43. The van der Waals surface area contributed by atoms with Gasteiger partial charge < -0.3 is 10.5 Å². The fourth-order valence-corrected chi connectivity index (χ4v) is 2.54. The normalized spacial score (nSPS) is 17.7. The number of nitrogens with two attached hydrogens (primary N) is 1. The van der Waals surface area contributed by atoms with Crippen LogP contribution < -0.4 is 10.5 Å². The highest BCUT2D eigenvalue weighted by molar-refractivity contribution is 6.30. The molecule has 1 saturated carbocycles. The summed E-state index contributed by atoms with van der Waals surface area (Å²) in [7, 11) is 1.72. The Morgan fingerprint density at radius 2 is 1.94 bits per heavy atom. The van der Waals surface area contributed by atoms with Crippen LogP contribution in [0.1, 0.15) is 44.7 Å². The van der Waals surface area contributed by atoms with E-state index in [1.54, 1.807) is 7.11 Å². The molecule has 1 aromatic carbocycles. The van der Waals surface area contributed by atoms with Gasteiger partial charge >= 0.3 is 0 Å². The first kappa shape index (κ1) is 13.7. The van der Waals surface area contributed by atoms with E-state index in [1.807, 2.05) is 12.1 Å². The molecule has 0 aromatic heterocycles. The number of hydrogen-bond donors (Lipinski definition) is 1. The molecule has 1 fully saturated rings. The Bertz CT molecular complexity index is 458. The molecule has 18 heavy (non-hydrogen) atoms. The Morgan fingerprint density at radius 3 is 2.39 bits per heavy atom. The van der Waals surface area contributed by atoms with E-state index in [9.17, 15) is 0 Å². The average molecular weight is 268 g/mol. The van der Waals surface area contributed by atoms with Gasteiger partial charge in [-0.05, 0) is 42.4 Å². The van der Waals surface area contributed by atoms with Crippen molar-refractivity contribution in [3.05, 3.63) is 28.3 Å². The first-order valence-electron chi connectivity index (χ1n) is 6.41. The first-order chi connectivity index (χ1) is 8.25. The Labute approximate surface area is 114 Å². The maximum atomic E-state index is 6.24. The summed E-state index contributed by atoms with van der Waals surface area (Å²) in [6.45, 7) is 6.50. The predicted molar refractivity (Wildman–Crippen MR) is 76.6 cm³/mol. The van der Waals surface area contributed by atoms with Gasteiger partial charge in [0.2, 0.25) is 0 Å². The van der Waals surface area contributed by atoms with Crippen molar-refractivity contribution in [2.24, 2.45) is 5.73 Å². The maximum absolute atomic E-state index is 6.24. The van der Waals surface area contributed by atoms with Crippen molar-refractivity contribution < 1.29 is 4.74 Å². The number of rotatable bonds is 3. The van der Waals surface area contributed by atoms with E-state index in [-0.39, 0.29) is 11.0 Å². The average Bonchev–Trinajstić information content (AvgIpc) is 2.94. The zero-order valence-corrected chi connectivity index (χ0v) is 12.4. The summed E-state index contributed by atoms with van der Waals surface area (Å²) in [5.74, 6) is 0.948. The lowest BCUT2D eigenvalue weighted by Crippen LogP contribution is -2.25. The summed E-state index contributed by atoms with van der Waals surface area (Å²) in [5.41, 5.74) is 8.47. The van der Waals surface area contributed by atoms with Crippen molar-refractivity contribution in [3.63, 3.8) is 0 Å². The summed E-state index contributed by atoms with van der Waals surface area (Å²) in [4.78, 5) is 0. The number of hydrogen-bond acceptors (Lipinski definition) is 2. The van der Waals surface area contributed by atoms with Crippen LogP contribution in [-0.2, 0) is 11.8 Å². The number of halogens is 1. The van der Waals surface area contributed by atoms with E-state index in [4.69, 9.17) is 22.1 Å². The third-order valence-corrected chi connectivity index (χ3v) is 3.80. The third-order valence-electron chi connectivity index (χ3n) is 3.58. The van der Waals surface area contributed by atoms with E-state index in [2.05, 4.69) is 20.8 Å². The minimum absolute atomic E-state index is 0.0102. The minimum atomic E-state index is -0.0346.